The zero-order chi connectivity index (χ0) is 30.2. The zero-order valence-electron chi connectivity index (χ0n) is 23.7. The van der Waals surface area contributed by atoms with Crippen LogP contribution in [0.4, 0.5) is 11.4 Å². The first-order valence-electron chi connectivity index (χ1n) is 13.5. The summed E-state index contributed by atoms with van der Waals surface area (Å²) in [7, 11) is -4.32. The average Bonchev–Trinajstić information content (AvgIpc) is 2.96. The largest absolute Gasteiger partial charge is 0.352 e. The first-order valence-corrected chi connectivity index (χ1v) is 14.9. The second kappa shape index (κ2) is 13.9. The highest BCUT2D eigenvalue weighted by molar-refractivity contribution is 7.92. The Labute approximate surface area is 241 Å². The molecule has 10 nitrogen and oxygen atoms in total. The van der Waals surface area contributed by atoms with Gasteiger partial charge in [0.1, 0.15) is 12.6 Å². The minimum absolute atomic E-state index is 0.0376. The molecule has 0 aliphatic heterocycles. The molecule has 0 spiro atoms. The van der Waals surface area contributed by atoms with E-state index in [1.165, 1.54) is 35.2 Å². The Hall–Kier alpha value is -4.25. The number of benzene rings is 3. The molecule has 0 unspecified atom stereocenters. The quantitative estimate of drug-likeness (QED) is 0.228. The predicted octanol–water partition coefficient (Wildman–Crippen LogP) is 4.82. The first kappa shape index (κ1) is 31.3. The molecule has 0 aromatic heterocycles. The van der Waals surface area contributed by atoms with E-state index in [4.69, 9.17) is 0 Å². The summed E-state index contributed by atoms with van der Waals surface area (Å²) in [6.07, 6.45) is 0.992. The van der Waals surface area contributed by atoms with Crippen LogP contribution in [-0.2, 0) is 26.2 Å². The number of nitro groups is 1. The number of hydrogen-bond acceptors (Lipinski definition) is 6. The molecule has 0 bridgehead atoms. The maximum atomic E-state index is 14.1. The summed E-state index contributed by atoms with van der Waals surface area (Å²) < 4.78 is 28.6. The van der Waals surface area contributed by atoms with E-state index in [-0.39, 0.29) is 34.8 Å². The van der Waals surface area contributed by atoms with E-state index < -0.39 is 33.4 Å². The zero-order valence-corrected chi connectivity index (χ0v) is 24.5. The Morgan fingerprint density at radius 2 is 1.61 bits per heavy atom. The van der Waals surface area contributed by atoms with Gasteiger partial charge in [-0.3, -0.25) is 24.0 Å². The lowest BCUT2D eigenvalue weighted by Crippen LogP contribution is -2.53. The van der Waals surface area contributed by atoms with Crippen molar-refractivity contribution in [3.63, 3.8) is 0 Å². The summed E-state index contributed by atoms with van der Waals surface area (Å²) in [5.74, 6) is -0.956. The Kier molecular flexibility index (Phi) is 10.6. The van der Waals surface area contributed by atoms with E-state index in [0.29, 0.717) is 12.8 Å². The van der Waals surface area contributed by atoms with E-state index in [1.807, 2.05) is 45.0 Å². The van der Waals surface area contributed by atoms with Crippen LogP contribution >= 0.6 is 0 Å². The molecule has 3 rings (SSSR count). The van der Waals surface area contributed by atoms with Crippen molar-refractivity contribution in [1.29, 1.82) is 0 Å². The topological polar surface area (TPSA) is 130 Å². The Bertz CT molecular complexity index is 1480. The van der Waals surface area contributed by atoms with Crippen LogP contribution in [0, 0.1) is 17.0 Å². The minimum Gasteiger partial charge on any atom is -0.352 e. The van der Waals surface area contributed by atoms with Crippen molar-refractivity contribution in [2.75, 3.05) is 10.8 Å². The summed E-state index contributed by atoms with van der Waals surface area (Å²) >= 11 is 0. The number of carbonyl (C=O) groups is 2. The van der Waals surface area contributed by atoms with Gasteiger partial charge >= 0.3 is 0 Å². The lowest BCUT2D eigenvalue weighted by molar-refractivity contribution is -0.384. The maximum Gasteiger partial charge on any atom is 0.271 e. The molecule has 3 aromatic carbocycles. The number of hydrogen-bond donors (Lipinski definition) is 1. The highest BCUT2D eigenvalue weighted by Crippen LogP contribution is 2.28. The van der Waals surface area contributed by atoms with E-state index in [2.05, 4.69) is 5.32 Å². The van der Waals surface area contributed by atoms with Gasteiger partial charge in [-0.2, -0.15) is 0 Å². The molecule has 0 saturated carbocycles. The van der Waals surface area contributed by atoms with Gasteiger partial charge in [0.25, 0.3) is 15.7 Å². The van der Waals surface area contributed by atoms with Gasteiger partial charge in [0.2, 0.25) is 11.8 Å². The Balaban J connectivity index is 2.10. The summed E-state index contributed by atoms with van der Waals surface area (Å²) in [6.45, 7) is 6.90. The predicted molar refractivity (Wildman–Crippen MR) is 158 cm³/mol. The summed E-state index contributed by atoms with van der Waals surface area (Å²) in [6, 6.07) is 19.1. The van der Waals surface area contributed by atoms with Crippen molar-refractivity contribution in [3.05, 3.63) is 100 Å². The van der Waals surface area contributed by atoms with Crippen molar-refractivity contribution >= 4 is 33.2 Å². The number of carbonyl (C=O) groups excluding carboxylic acids is 2. The molecule has 2 atom stereocenters. The molecular weight excluding hydrogens is 544 g/mol. The number of nitro benzene ring substituents is 1. The molecule has 2 amide bonds. The summed E-state index contributed by atoms with van der Waals surface area (Å²) in [5, 5.41) is 14.4. The molecule has 0 aliphatic carbocycles. The lowest BCUT2D eigenvalue weighted by Gasteiger charge is -2.34. The van der Waals surface area contributed by atoms with Gasteiger partial charge in [0.05, 0.1) is 15.5 Å². The van der Waals surface area contributed by atoms with E-state index in [0.717, 1.165) is 21.5 Å². The minimum atomic E-state index is -4.32. The first-order chi connectivity index (χ1) is 19.5. The number of rotatable bonds is 13. The fourth-order valence-corrected chi connectivity index (χ4v) is 5.77. The molecule has 0 aliphatic rings. The second-order valence-electron chi connectivity index (χ2n) is 9.79. The van der Waals surface area contributed by atoms with Crippen molar-refractivity contribution < 1.29 is 22.9 Å². The smallest absolute Gasteiger partial charge is 0.271 e. The molecule has 218 valence electrons. The number of amides is 2. The van der Waals surface area contributed by atoms with E-state index >= 15 is 0 Å². The van der Waals surface area contributed by atoms with Crippen molar-refractivity contribution in [2.45, 2.75) is 64.1 Å². The Morgan fingerprint density at radius 1 is 0.951 bits per heavy atom. The number of sulfonamides is 1. The van der Waals surface area contributed by atoms with Crippen LogP contribution in [-0.4, -0.2) is 48.7 Å². The van der Waals surface area contributed by atoms with E-state index in [9.17, 15) is 28.1 Å². The van der Waals surface area contributed by atoms with Gasteiger partial charge in [0.15, 0.2) is 0 Å². The molecule has 3 aromatic rings. The molecule has 11 heteroatoms. The standard InChI is InChI=1S/C30H36N4O6S/c1-5-23(4)31-30(36)28(6-2)32(20-24-14-11-10-13-22(24)3)29(35)21-33(25-15-12-16-26(19-25)34(37)38)41(39,40)27-17-8-7-9-18-27/h7-19,23,28H,5-6,20-21H2,1-4H3,(H,31,36)/t23-,28+/m0/s1. The lowest BCUT2D eigenvalue weighted by atomic mass is 10.1. The molecule has 0 heterocycles. The summed E-state index contributed by atoms with van der Waals surface area (Å²) in [5.41, 5.74) is 1.36. The highest BCUT2D eigenvalue weighted by Gasteiger charge is 2.34. The highest BCUT2D eigenvalue weighted by atomic mass is 32.2. The third-order valence-electron chi connectivity index (χ3n) is 6.93. The van der Waals surface area contributed by atoms with Gasteiger partial charge in [-0.1, -0.05) is 62.4 Å². The fourth-order valence-electron chi connectivity index (χ4n) is 4.34. The van der Waals surface area contributed by atoms with Crippen LogP contribution in [0.3, 0.4) is 0 Å². The molecule has 1 N–H and O–H groups in total. The number of non-ortho nitro benzene ring substituents is 1. The van der Waals surface area contributed by atoms with Crippen LogP contribution in [0.15, 0.2) is 83.8 Å². The molecule has 41 heavy (non-hydrogen) atoms. The molecule has 0 saturated heterocycles. The van der Waals surface area contributed by atoms with Gasteiger partial charge < -0.3 is 10.2 Å². The number of anilines is 1. The van der Waals surface area contributed by atoms with Crippen molar-refractivity contribution in [1.82, 2.24) is 10.2 Å². The van der Waals surface area contributed by atoms with Crippen LogP contribution < -0.4 is 9.62 Å². The molecule has 0 fully saturated rings. The van der Waals surface area contributed by atoms with Gasteiger partial charge in [0, 0.05) is 24.7 Å². The third-order valence-corrected chi connectivity index (χ3v) is 8.72. The van der Waals surface area contributed by atoms with Crippen molar-refractivity contribution in [2.24, 2.45) is 0 Å². The van der Waals surface area contributed by atoms with Gasteiger partial charge in [-0.05, 0) is 56.0 Å². The summed E-state index contributed by atoms with van der Waals surface area (Å²) in [4.78, 5) is 39.6. The van der Waals surface area contributed by atoms with Gasteiger partial charge in [-0.25, -0.2) is 8.42 Å². The number of aryl methyl sites for hydroxylation is 1. The van der Waals surface area contributed by atoms with Crippen LogP contribution in [0.5, 0.6) is 0 Å². The molecular formula is C30H36N4O6S. The van der Waals surface area contributed by atoms with Crippen LogP contribution in [0.25, 0.3) is 0 Å². The van der Waals surface area contributed by atoms with Crippen LogP contribution in [0.2, 0.25) is 0 Å². The molecule has 0 radical (unpaired) electrons. The third kappa shape index (κ3) is 7.69. The second-order valence-corrected chi connectivity index (χ2v) is 11.7. The SMILES string of the molecule is CC[C@H](C(=O)N[C@@H](C)CC)N(Cc1ccccc1C)C(=O)CN(c1cccc([N+](=O)[O-])c1)S(=O)(=O)c1ccccc1. The number of nitrogens with zero attached hydrogens (tertiary/aromatic N) is 3. The maximum absolute atomic E-state index is 14.1. The van der Waals surface area contributed by atoms with Gasteiger partial charge in [-0.15, -0.1) is 0 Å². The monoisotopic (exact) mass is 580 g/mol. The van der Waals surface area contributed by atoms with Crippen molar-refractivity contribution in [3.8, 4) is 0 Å². The van der Waals surface area contributed by atoms with E-state index in [1.54, 1.807) is 25.1 Å². The van der Waals surface area contributed by atoms with Crippen LogP contribution in [0.1, 0.15) is 44.7 Å². The average molecular weight is 581 g/mol. The fraction of sp³-hybridized carbons (Fsp3) is 0.333. The number of nitrogens with one attached hydrogen (secondary N) is 1. The normalized spacial score (nSPS) is 12.7. The Morgan fingerprint density at radius 3 is 2.22 bits per heavy atom.